The number of methoxy groups -OCH3 is 2. The van der Waals surface area contributed by atoms with Gasteiger partial charge in [0.2, 0.25) is 0 Å². The van der Waals surface area contributed by atoms with E-state index in [-0.39, 0.29) is 6.03 Å². The zero-order chi connectivity index (χ0) is 16.1. The van der Waals surface area contributed by atoms with Crippen LogP contribution < -0.4 is 14.8 Å². The van der Waals surface area contributed by atoms with Crippen molar-refractivity contribution in [1.82, 2.24) is 4.90 Å². The highest BCUT2D eigenvalue weighted by Gasteiger charge is 2.13. The molecule has 2 amide bonds. The van der Waals surface area contributed by atoms with Gasteiger partial charge in [0, 0.05) is 25.2 Å². The van der Waals surface area contributed by atoms with E-state index in [1.807, 2.05) is 42.5 Å². The Balaban J connectivity index is 2.51. The van der Waals surface area contributed by atoms with Gasteiger partial charge in [-0.3, -0.25) is 0 Å². The number of carbonyl (C=O) groups is 1. The fourth-order valence-corrected chi connectivity index (χ4v) is 2.08. The van der Waals surface area contributed by atoms with Gasteiger partial charge in [-0.25, -0.2) is 4.79 Å². The summed E-state index contributed by atoms with van der Waals surface area (Å²) in [7, 11) is 6.63. The summed E-state index contributed by atoms with van der Waals surface area (Å²) in [5.41, 5.74) is 2.44. The molecule has 2 rings (SSSR count). The summed E-state index contributed by atoms with van der Waals surface area (Å²) < 4.78 is 10.7. The summed E-state index contributed by atoms with van der Waals surface area (Å²) in [5.74, 6) is 1.44. The largest absolute Gasteiger partial charge is 0.497 e. The van der Waals surface area contributed by atoms with Gasteiger partial charge in [0.1, 0.15) is 11.5 Å². The maximum atomic E-state index is 11.9. The van der Waals surface area contributed by atoms with E-state index in [2.05, 4.69) is 5.32 Å². The molecule has 0 aliphatic carbocycles. The molecule has 0 bridgehead atoms. The van der Waals surface area contributed by atoms with Gasteiger partial charge in [-0.15, -0.1) is 0 Å². The Morgan fingerprint density at radius 1 is 1.00 bits per heavy atom. The van der Waals surface area contributed by atoms with Crippen molar-refractivity contribution < 1.29 is 14.3 Å². The van der Waals surface area contributed by atoms with Crippen molar-refractivity contribution in [2.24, 2.45) is 0 Å². The first-order valence-corrected chi connectivity index (χ1v) is 6.86. The first-order chi connectivity index (χ1) is 10.6. The van der Waals surface area contributed by atoms with E-state index in [1.165, 1.54) is 4.90 Å². The molecule has 2 aromatic carbocycles. The minimum atomic E-state index is -0.186. The molecule has 0 aromatic heterocycles. The third kappa shape index (κ3) is 3.31. The van der Waals surface area contributed by atoms with Crippen molar-refractivity contribution >= 4 is 11.7 Å². The molecule has 0 radical (unpaired) electrons. The van der Waals surface area contributed by atoms with Crippen LogP contribution in [0.3, 0.4) is 0 Å². The Morgan fingerprint density at radius 2 is 1.73 bits per heavy atom. The zero-order valence-electron chi connectivity index (χ0n) is 13.2. The molecule has 0 spiro atoms. The first-order valence-electron chi connectivity index (χ1n) is 6.86. The fraction of sp³-hybridized carbons (Fsp3) is 0.235. The third-order valence-electron chi connectivity index (χ3n) is 3.27. The van der Waals surface area contributed by atoms with Gasteiger partial charge in [-0.2, -0.15) is 0 Å². The van der Waals surface area contributed by atoms with E-state index >= 15 is 0 Å². The van der Waals surface area contributed by atoms with E-state index in [0.29, 0.717) is 11.4 Å². The molecule has 1 N–H and O–H groups in total. The molecule has 0 atom stereocenters. The van der Waals surface area contributed by atoms with E-state index in [4.69, 9.17) is 9.47 Å². The maximum absolute atomic E-state index is 11.9. The van der Waals surface area contributed by atoms with Gasteiger partial charge in [0.15, 0.2) is 0 Å². The minimum absolute atomic E-state index is 0.186. The number of benzene rings is 2. The van der Waals surface area contributed by atoms with E-state index in [0.717, 1.165) is 16.9 Å². The lowest BCUT2D eigenvalue weighted by Gasteiger charge is -2.17. The van der Waals surface area contributed by atoms with E-state index < -0.39 is 0 Å². The van der Waals surface area contributed by atoms with Crippen LogP contribution in [-0.4, -0.2) is 39.2 Å². The number of hydrogen-bond acceptors (Lipinski definition) is 3. The lowest BCUT2D eigenvalue weighted by Crippen LogP contribution is -2.27. The van der Waals surface area contributed by atoms with Gasteiger partial charge >= 0.3 is 6.03 Å². The van der Waals surface area contributed by atoms with Crippen molar-refractivity contribution in [3.8, 4) is 22.6 Å². The number of urea groups is 1. The number of nitrogens with one attached hydrogen (secondary N) is 1. The molecule has 0 heterocycles. The lowest BCUT2D eigenvalue weighted by atomic mass is 10.0. The molecule has 0 fully saturated rings. The molecule has 0 aliphatic heterocycles. The first kappa shape index (κ1) is 15.7. The summed E-state index contributed by atoms with van der Waals surface area (Å²) >= 11 is 0. The maximum Gasteiger partial charge on any atom is 0.321 e. The Labute approximate surface area is 130 Å². The van der Waals surface area contributed by atoms with Crippen LogP contribution in [0.4, 0.5) is 10.5 Å². The topological polar surface area (TPSA) is 50.8 Å². The smallest absolute Gasteiger partial charge is 0.321 e. The van der Waals surface area contributed by atoms with Crippen LogP contribution in [0.25, 0.3) is 11.1 Å². The molecular weight excluding hydrogens is 280 g/mol. The van der Waals surface area contributed by atoms with Crippen LogP contribution in [0.1, 0.15) is 0 Å². The van der Waals surface area contributed by atoms with Crippen molar-refractivity contribution in [2.45, 2.75) is 0 Å². The second-order valence-electron chi connectivity index (χ2n) is 4.94. The van der Waals surface area contributed by atoms with Crippen LogP contribution in [-0.2, 0) is 0 Å². The van der Waals surface area contributed by atoms with Crippen LogP contribution in [0.15, 0.2) is 42.5 Å². The number of ether oxygens (including phenoxy) is 2. The summed E-state index contributed by atoms with van der Waals surface area (Å²) in [4.78, 5) is 13.4. The lowest BCUT2D eigenvalue weighted by molar-refractivity contribution is 0.230. The summed E-state index contributed by atoms with van der Waals surface area (Å²) in [6.07, 6.45) is 0. The highest BCUT2D eigenvalue weighted by Crippen LogP contribution is 2.37. The standard InChI is InChI=1S/C17H20N2O3/c1-19(2)17(20)18-15-8-6-5-7-13(15)14-11-12(21-3)9-10-16(14)22-4/h5-11H,1-4H3,(H,18,20). The summed E-state index contributed by atoms with van der Waals surface area (Å²) in [5, 5.41) is 2.89. The highest BCUT2D eigenvalue weighted by molar-refractivity contribution is 5.95. The van der Waals surface area contributed by atoms with Gasteiger partial charge in [0.05, 0.1) is 19.9 Å². The molecule has 0 aliphatic rings. The molecular formula is C17H20N2O3. The second kappa shape index (κ2) is 6.85. The van der Waals surface area contributed by atoms with Gasteiger partial charge in [-0.05, 0) is 24.3 Å². The highest BCUT2D eigenvalue weighted by atomic mass is 16.5. The Hall–Kier alpha value is -2.69. The molecule has 22 heavy (non-hydrogen) atoms. The molecule has 2 aromatic rings. The quantitative estimate of drug-likeness (QED) is 0.940. The number of hydrogen-bond donors (Lipinski definition) is 1. The molecule has 5 nitrogen and oxygen atoms in total. The van der Waals surface area contributed by atoms with Crippen molar-refractivity contribution in [1.29, 1.82) is 0 Å². The van der Waals surface area contributed by atoms with Crippen molar-refractivity contribution in [3.63, 3.8) is 0 Å². The van der Waals surface area contributed by atoms with Gasteiger partial charge in [-0.1, -0.05) is 18.2 Å². The Morgan fingerprint density at radius 3 is 2.36 bits per heavy atom. The molecule has 116 valence electrons. The second-order valence-corrected chi connectivity index (χ2v) is 4.94. The predicted molar refractivity (Wildman–Crippen MR) is 87.7 cm³/mol. The number of para-hydroxylation sites is 1. The van der Waals surface area contributed by atoms with Crippen molar-refractivity contribution in [3.05, 3.63) is 42.5 Å². The van der Waals surface area contributed by atoms with Gasteiger partial charge < -0.3 is 19.7 Å². The van der Waals surface area contributed by atoms with Crippen LogP contribution in [0.5, 0.6) is 11.5 Å². The minimum Gasteiger partial charge on any atom is -0.497 e. The van der Waals surface area contributed by atoms with E-state index in [9.17, 15) is 4.79 Å². The van der Waals surface area contributed by atoms with Crippen LogP contribution in [0.2, 0.25) is 0 Å². The zero-order valence-corrected chi connectivity index (χ0v) is 13.2. The Bertz CT molecular complexity index is 669. The number of anilines is 1. The van der Waals surface area contributed by atoms with Crippen LogP contribution >= 0.6 is 0 Å². The predicted octanol–water partition coefficient (Wildman–Crippen LogP) is 3.46. The van der Waals surface area contributed by atoms with Crippen molar-refractivity contribution in [2.75, 3.05) is 33.6 Å². The Kier molecular flexibility index (Phi) is 4.88. The SMILES string of the molecule is COc1ccc(OC)c(-c2ccccc2NC(=O)N(C)C)c1. The third-order valence-corrected chi connectivity index (χ3v) is 3.27. The normalized spacial score (nSPS) is 10.0. The summed E-state index contributed by atoms with van der Waals surface area (Å²) in [6.45, 7) is 0. The van der Waals surface area contributed by atoms with E-state index in [1.54, 1.807) is 28.3 Å². The van der Waals surface area contributed by atoms with Gasteiger partial charge in [0.25, 0.3) is 0 Å². The number of amides is 2. The molecule has 5 heteroatoms. The fourth-order valence-electron chi connectivity index (χ4n) is 2.08. The average Bonchev–Trinajstić information content (AvgIpc) is 2.54. The van der Waals surface area contributed by atoms with Crippen LogP contribution in [0, 0.1) is 0 Å². The molecule has 0 saturated carbocycles. The summed E-state index contributed by atoms with van der Waals surface area (Å²) in [6, 6.07) is 13.0. The molecule has 0 unspecified atom stereocenters. The monoisotopic (exact) mass is 300 g/mol. The number of carbonyl (C=O) groups excluding carboxylic acids is 1. The number of nitrogens with zero attached hydrogens (tertiary/aromatic N) is 1. The number of rotatable bonds is 4. The average molecular weight is 300 g/mol. The molecule has 0 saturated heterocycles.